The number of anilines is 5. The third kappa shape index (κ3) is 5.53. The van der Waals surface area contributed by atoms with E-state index in [1.165, 1.54) is 6.26 Å². The summed E-state index contributed by atoms with van der Waals surface area (Å²) in [6, 6.07) is 12.1. The zero-order valence-electron chi connectivity index (χ0n) is 16.8. The fourth-order valence-corrected chi connectivity index (χ4v) is 3.52. The van der Waals surface area contributed by atoms with E-state index in [0.29, 0.717) is 21.9 Å². The van der Waals surface area contributed by atoms with Crippen molar-refractivity contribution in [1.29, 1.82) is 0 Å². The van der Waals surface area contributed by atoms with E-state index in [0.717, 1.165) is 22.4 Å². The number of halogens is 1. The molecule has 0 spiro atoms. The number of nitrogens with one attached hydrogen (secondary N) is 5. The van der Waals surface area contributed by atoms with Crippen molar-refractivity contribution < 1.29 is 9.00 Å². The van der Waals surface area contributed by atoms with E-state index in [2.05, 4.69) is 62.4 Å². The number of hydrogen-bond acceptors (Lipinski definition) is 7. The highest BCUT2D eigenvalue weighted by Gasteiger charge is 2.08. The molecule has 32 heavy (non-hydrogen) atoms. The van der Waals surface area contributed by atoms with Gasteiger partial charge in [0.1, 0.15) is 5.82 Å². The van der Waals surface area contributed by atoms with Crippen LogP contribution in [0, 0.1) is 0 Å². The minimum atomic E-state index is -2.64. The lowest BCUT2D eigenvalue weighted by Gasteiger charge is -2.11. The first kappa shape index (κ1) is 21.6. The van der Waals surface area contributed by atoms with Crippen LogP contribution >= 0.6 is 15.9 Å². The molecule has 2 heterocycles. The number of rotatable bonds is 6. The van der Waals surface area contributed by atoms with E-state index >= 15 is 0 Å². The average molecular weight is 515 g/mol. The van der Waals surface area contributed by atoms with Gasteiger partial charge in [-0.25, -0.2) is 19.0 Å². The van der Waals surface area contributed by atoms with E-state index in [9.17, 15) is 9.00 Å². The molecule has 0 fully saturated rings. The molecule has 5 N–H and O–H groups in total. The predicted octanol–water partition coefficient (Wildman–Crippen LogP) is 3.99. The minimum Gasteiger partial charge on any atom is -0.345 e. The number of aromatic nitrogens is 4. The number of carbonyl (C=O) groups is 1. The molecule has 0 aliphatic rings. The highest BCUT2D eigenvalue weighted by atomic mass is 79.9. The van der Waals surface area contributed by atoms with Gasteiger partial charge in [-0.05, 0) is 64.3 Å². The third-order valence-corrected chi connectivity index (χ3v) is 5.33. The van der Waals surface area contributed by atoms with Crippen molar-refractivity contribution in [3.8, 4) is 0 Å². The van der Waals surface area contributed by atoms with E-state index < -0.39 is 15.7 Å². The number of nitrogens with zero attached hydrogens (tertiary/aromatic N) is 3. The lowest BCUT2D eigenvalue weighted by molar-refractivity contribution is 0.257. The second kappa shape index (κ2) is 8.85. The Balaban J connectivity index is 1.44. The van der Waals surface area contributed by atoms with Crippen LogP contribution < -0.4 is 20.7 Å². The van der Waals surface area contributed by atoms with Crippen LogP contribution in [-0.4, -0.2) is 42.3 Å². The van der Waals surface area contributed by atoms with Gasteiger partial charge in [0.05, 0.1) is 21.8 Å². The second-order valence-electron chi connectivity index (χ2n) is 6.91. The molecule has 10 nitrogen and oxygen atoms in total. The first-order chi connectivity index (χ1) is 15.2. The highest BCUT2D eigenvalue weighted by Crippen LogP contribution is 2.26. The molecule has 2 aromatic heterocycles. The number of H-pyrrole nitrogens is 1. The monoisotopic (exact) mass is 514 g/mol. The van der Waals surface area contributed by atoms with Gasteiger partial charge in [0.15, 0.2) is 0 Å². The van der Waals surface area contributed by atoms with Gasteiger partial charge in [-0.2, -0.15) is 4.98 Å². The molecule has 4 rings (SSSR count). The molecule has 2 amide bonds. The van der Waals surface area contributed by atoms with Crippen LogP contribution in [0.1, 0.15) is 0 Å². The minimum absolute atomic E-state index is 0.388. The van der Waals surface area contributed by atoms with Crippen molar-refractivity contribution in [2.24, 2.45) is 0 Å². The molecule has 2 aromatic carbocycles. The fraction of sp³-hybridized carbons (Fsp3) is 0.0500. The standard InChI is InChI=1S/C20H19BrN8O2S/c1-32(2,31)29-20(30)27-13-5-3-12(4-6-13)26-19-22-10-15(21)18(28-19)25-14-7-8-16-17(9-14)24-11-23-16/h3-11H,1H2,2H3,(H,23,24)(H2,22,25,26,28)(H2,27,29,30,31). The Bertz CT molecular complexity index is 1390. The summed E-state index contributed by atoms with van der Waals surface area (Å²) in [6.07, 6.45) is 4.64. The van der Waals surface area contributed by atoms with Crippen LogP contribution in [0.3, 0.4) is 0 Å². The van der Waals surface area contributed by atoms with E-state index in [-0.39, 0.29) is 0 Å². The quantitative estimate of drug-likeness (QED) is 0.245. The number of aromatic amines is 1. The molecule has 164 valence electrons. The Hall–Kier alpha value is -3.64. The smallest absolute Gasteiger partial charge is 0.330 e. The van der Waals surface area contributed by atoms with Gasteiger partial charge in [-0.1, -0.05) is 0 Å². The molecule has 4 aromatic rings. The lowest BCUT2D eigenvalue weighted by atomic mass is 10.2. The van der Waals surface area contributed by atoms with Crippen molar-refractivity contribution >= 4 is 77.4 Å². The van der Waals surface area contributed by atoms with Crippen molar-refractivity contribution in [3.05, 3.63) is 59.5 Å². The zero-order valence-corrected chi connectivity index (χ0v) is 19.3. The summed E-state index contributed by atoms with van der Waals surface area (Å²) in [5, 5.41) is 8.97. The predicted molar refractivity (Wildman–Crippen MR) is 132 cm³/mol. The van der Waals surface area contributed by atoms with Crippen molar-refractivity contribution in [3.63, 3.8) is 0 Å². The second-order valence-corrected chi connectivity index (χ2v) is 9.98. The molecule has 0 saturated carbocycles. The number of fused-ring (bicyclic) bond motifs is 1. The summed E-state index contributed by atoms with van der Waals surface area (Å²) >= 11 is 3.46. The SMILES string of the molecule is C=S(C)(=O)NC(=O)Nc1ccc(Nc2ncc(Br)c(Nc3ccc4nc[nH]c4c3)n2)cc1. The van der Waals surface area contributed by atoms with Crippen LogP contribution in [0.15, 0.2) is 59.5 Å². The largest absolute Gasteiger partial charge is 0.345 e. The molecule has 0 saturated heterocycles. The van der Waals surface area contributed by atoms with Crippen LogP contribution in [-0.2, 0) is 9.71 Å². The maximum Gasteiger partial charge on any atom is 0.330 e. The van der Waals surface area contributed by atoms with Gasteiger partial charge in [0.2, 0.25) is 5.95 Å². The van der Waals surface area contributed by atoms with Crippen molar-refractivity contribution in [2.75, 3.05) is 22.2 Å². The van der Waals surface area contributed by atoms with Gasteiger partial charge in [-0.3, -0.25) is 4.72 Å². The normalized spacial score (nSPS) is 12.7. The lowest BCUT2D eigenvalue weighted by Crippen LogP contribution is -2.33. The molecule has 12 heteroatoms. The zero-order chi connectivity index (χ0) is 22.7. The van der Waals surface area contributed by atoms with Crippen molar-refractivity contribution in [1.82, 2.24) is 24.7 Å². The van der Waals surface area contributed by atoms with Gasteiger partial charge in [0.25, 0.3) is 0 Å². The van der Waals surface area contributed by atoms with E-state index in [4.69, 9.17) is 0 Å². The summed E-state index contributed by atoms with van der Waals surface area (Å²) in [4.78, 5) is 27.9. The van der Waals surface area contributed by atoms with Crippen LogP contribution in [0.4, 0.5) is 33.6 Å². The Morgan fingerprint density at radius 1 is 1.06 bits per heavy atom. The maximum atomic E-state index is 11.8. The van der Waals surface area contributed by atoms with Crippen molar-refractivity contribution in [2.45, 2.75) is 0 Å². The first-order valence-corrected chi connectivity index (χ1v) is 12.2. The topological polar surface area (TPSA) is 137 Å². The number of benzene rings is 2. The number of urea groups is 1. The summed E-state index contributed by atoms with van der Waals surface area (Å²) in [5.41, 5.74) is 3.89. The van der Waals surface area contributed by atoms with Crippen LogP contribution in [0.2, 0.25) is 0 Å². The molecular formula is C20H19BrN8O2S. The number of amides is 2. The summed E-state index contributed by atoms with van der Waals surface area (Å²) in [5.74, 6) is 4.36. The highest BCUT2D eigenvalue weighted by molar-refractivity contribution is 9.10. The van der Waals surface area contributed by atoms with E-state index in [1.807, 2.05) is 18.2 Å². The summed E-state index contributed by atoms with van der Waals surface area (Å²) in [7, 11) is -2.64. The van der Waals surface area contributed by atoms with Gasteiger partial charge in [-0.15, -0.1) is 0 Å². The average Bonchev–Trinajstić information content (AvgIpc) is 3.18. The molecule has 0 bridgehead atoms. The number of hydrogen-bond donors (Lipinski definition) is 5. The first-order valence-electron chi connectivity index (χ1n) is 9.26. The van der Waals surface area contributed by atoms with Gasteiger partial charge >= 0.3 is 6.03 Å². The maximum absolute atomic E-state index is 11.8. The Morgan fingerprint density at radius 3 is 2.53 bits per heavy atom. The molecular weight excluding hydrogens is 496 g/mol. The third-order valence-electron chi connectivity index (χ3n) is 4.13. The van der Waals surface area contributed by atoms with Gasteiger partial charge in [0, 0.05) is 39.2 Å². The molecule has 0 aliphatic heterocycles. The Labute approximate surface area is 192 Å². The van der Waals surface area contributed by atoms with E-state index in [1.54, 1.807) is 36.8 Å². The molecule has 0 aliphatic carbocycles. The number of carbonyl (C=O) groups excluding carboxylic acids is 1. The molecule has 1 unspecified atom stereocenters. The molecule has 0 radical (unpaired) electrons. The Kier molecular flexibility index (Phi) is 5.97. The summed E-state index contributed by atoms with van der Waals surface area (Å²) in [6.45, 7) is 0. The van der Waals surface area contributed by atoms with Crippen LogP contribution in [0.25, 0.3) is 11.0 Å². The summed E-state index contributed by atoms with van der Waals surface area (Å²) < 4.78 is 14.5. The molecule has 1 atom stereocenters. The van der Waals surface area contributed by atoms with Gasteiger partial charge < -0.3 is 20.9 Å². The fourth-order valence-electron chi connectivity index (χ4n) is 2.78. The Morgan fingerprint density at radius 2 is 1.78 bits per heavy atom. The van der Waals surface area contributed by atoms with Crippen LogP contribution in [0.5, 0.6) is 0 Å². The number of imidazole rings is 1.